The summed E-state index contributed by atoms with van der Waals surface area (Å²) in [6, 6.07) is 0.371. The van der Waals surface area contributed by atoms with Gasteiger partial charge in [-0.1, -0.05) is 27.7 Å². The molecular formula is C15H30N2O2. The van der Waals surface area contributed by atoms with E-state index in [1.54, 1.807) is 0 Å². The quantitative estimate of drug-likeness (QED) is 0.719. The van der Waals surface area contributed by atoms with Crippen molar-refractivity contribution in [2.24, 2.45) is 17.8 Å². The molecule has 4 nitrogen and oxygen atoms in total. The molecule has 0 aromatic carbocycles. The topological polar surface area (TPSA) is 52.6 Å². The summed E-state index contributed by atoms with van der Waals surface area (Å²) in [5.74, 6) is 1.51. The number of hydrogen-bond donors (Lipinski definition) is 2. The molecule has 112 valence electrons. The molecule has 1 heterocycles. The van der Waals surface area contributed by atoms with Gasteiger partial charge in [0, 0.05) is 31.7 Å². The van der Waals surface area contributed by atoms with Crippen LogP contribution in [0, 0.1) is 17.8 Å². The highest BCUT2D eigenvalue weighted by Crippen LogP contribution is 2.25. The highest BCUT2D eigenvalue weighted by Gasteiger charge is 2.31. The van der Waals surface area contributed by atoms with Gasteiger partial charge in [-0.15, -0.1) is 0 Å². The first-order valence-electron chi connectivity index (χ1n) is 7.58. The SMILES string of the molecule is CC(C)C(=O)N1CC(NCCCO)CC(C(C)C)C1. The fourth-order valence-electron chi connectivity index (χ4n) is 2.70. The second-order valence-electron chi connectivity index (χ2n) is 6.37. The van der Waals surface area contributed by atoms with Gasteiger partial charge in [-0.2, -0.15) is 0 Å². The summed E-state index contributed by atoms with van der Waals surface area (Å²) in [4.78, 5) is 14.2. The van der Waals surface area contributed by atoms with Crippen LogP contribution in [0.25, 0.3) is 0 Å². The Hall–Kier alpha value is -0.610. The maximum absolute atomic E-state index is 12.2. The predicted octanol–water partition coefficient (Wildman–Crippen LogP) is 1.49. The molecule has 1 amide bonds. The van der Waals surface area contributed by atoms with Gasteiger partial charge in [0.15, 0.2) is 0 Å². The molecule has 1 saturated heterocycles. The Balaban J connectivity index is 2.60. The van der Waals surface area contributed by atoms with E-state index < -0.39 is 0 Å². The lowest BCUT2D eigenvalue weighted by molar-refractivity contribution is -0.137. The molecular weight excluding hydrogens is 240 g/mol. The Morgan fingerprint density at radius 2 is 2.00 bits per heavy atom. The van der Waals surface area contributed by atoms with Gasteiger partial charge in [0.1, 0.15) is 0 Å². The second-order valence-corrected chi connectivity index (χ2v) is 6.37. The summed E-state index contributed by atoms with van der Waals surface area (Å²) in [5.41, 5.74) is 0. The smallest absolute Gasteiger partial charge is 0.225 e. The minimum absolute atomic E-state index is 0.0732. The summed E-state index contributed by atoms with van der Waals surface area (Å²) >= 11 is 0. The molecule has 0 aliphatic carbocycles. The molecule has 0 aromatic rings. The minimum atomic E-state index is 0.0732. The number of nitrogens with zero attached hydrogens (tertiary/aromatic N) is 1. The number of nitrogens with one attached hydrogen (secondary N) is 1. The molecule has 1 fully saturated rings. The van der Waals surface area contributed by atoms with Crippen LogP contribution in [0.2, 0.25) is 0 Å². The van der Waals surface area contributed by atoms with Crippen LogP contribution in [0.15, 0.2) is 0 Å². The largest absolute Gasteiger partial charge is 0.396 e. The van der Waals surface area contributed by atoms with E-state index in [9.17, 15) is 4.79 Å². The molecule has 0 saturated carbocycles. The van der Waals surface area contributed by atoms with E-state index in [2.05, 4.69) is 19.2 Å². The zero-order valence-electron chi connectivity index (χ0n) is 12.9. The highest BCUT2D eigenvalue weighted by molar-refractivity contribution is 5.78. The van der Waals surface area contributed by atoms with Gasteiger partial charge in [0.25, 0.3) is 0 Å². The van der Waals surface area contributed by atoms with Crippen molar-refractivity contribution in [3.8, 4) is 0 Å². The summed E-state index contributed by atoms with van der Waals surface area (Å²) in [5, 5.41) is 12.3. The van der Waals surface area contributed by atoms with Crippen molar-refractivity contribution < 1.29 is 9.90 Å². The molecule has 0 aromatic heterocycles. The number of aliphatic hydroxyl groups excluding tert-OH is 1. The van der Waals surface area contributed by atoms with Crippen molar-refractivity contribution in [3.05, 3.63) is 0 Å². The third kappa shape index (κ3) is 5.11. The molecule has 1 rings (SSSR count). The standard InChI is InChI=1S/C15H30N2O2/c1-11(2)13-8-14(16-6-5-7-18)10-17(9-13)15(19)12(3)4/h11-14,16,18H,5-10H2,1-4H3. The molecule has 1 aliphatic rings. The Bertz CT molecular complexity index is 279. The molecule has 4 heteroatoms. The van der Waals surface area contributed by atoms with Crippen LogP contribution in [0.5, 0.6) is 0 Å². The molecule has 0 radical (unpaired) electrons. The van der Waals surface area contributed by atoms with Crippen molar-refractivity contribution in [3.63, 3.8) is 0 Å². The van der Waals surface area contributed by atoms with Crippen LogP contribution in [-0.4, -0.2) is 48.2 Å². The van der Waals surface area contributed by atoms with Gasteiger partial charge in [-0.05, 0) is 31.2 Å². The Morgan fingerprint density at radius 3 is 2.53 bits per heavy atom. The number of piperidine rings is 1. The van der Waals surface area contributed by atoms with E-state index >= 15 is 0 Å². The van der Waals surface area contributed by atoms with Crippen LogP contribution in [0.4, 0.5) is 0 Å². The van der Waals surface area contributed by atoms with E-state index in [4.69, 9.17) is 5.11 Å². The summed E-state index contributed by atoms with van der Waals surface area (Å²) in [6.45, 7) is 11.2. The molecule has 2 atom stereocenters. The highest BCUT2D eigenvalue weighted by atomic mass is 16.3. The van der Waals surface area contributed by atoms with Crippen LogP contribution in [-0.2, 0) is 4.79 Å². The number of carbonyl (C=O) groups excluding carboxylic acids is 1. The maximum Gasteiger partial charge on any atom is 0.225 e. The van der Waals surface area contributed by atoms with Gasteiger partial charge >= 0.3 is 0 Å². The monoisotopic (exact) mass is 270 g/mol. The lowest BCUT2D eigenvalue weighted by Crippen LogP contribution is -2.53. The lowest BCUT2D eigenvalue weighted by Gasteiger charge is -2.40. The Morgan fingerprint density at radius 1 is 1.32 bits per heavy atom. The maximum atomic E-state index is 12.2. The van der Waals surface area contributed by atoms with E-state index in [0.717, 1.165) is 32.5 Å². The van der Waals surface area contributed by atoms with Crippen LogP contribution >= 0.6 is 0 Å². The molecule has 0 bridgehead atoms. The number of rotatable bonds is 6. The van der Waals surface area contributed by atoms with Crippen molar-refractivity contribution in [2.45, 2.75) is 46.6 Å². The van der Waals surface area contributed by atoms with Crippen LogP contribution < -0.4 is 5.32 Å². The number of carbonyl (C=O) groups is 1. The number of hydrogen-bond acceptors (Lipinski definition) is 3. The molecule has 2 N–H and O–H groups in total. The Kier molecular flexibility index (Phi) is 6.80. The summed E-state index contributed by atoms with van der Waals surface area (Å²) in [7, 11) is 0. The summed E-state index contributed by atoms with van der Waals surface area (Å²) < 4.78 is 0. The number of aliphatic hydroxyl groups is 1. The van der Waals surface area contributed by atoms with Crippen LogP contribution in [0.3, 0.4) is 0 Å². The van der Waals surface area contributed by atoms with Gasteiger partial charge in [-0.25, -0.2) is 0 Å². The molecule has 1 aliphatic heterocycles. The fraction of sp³-hybridized carbons (Fsp3) is 0.933. The first kappa shape index (κ1) is 16.4. The predicted molar refractivity (Wildman–Crippen MR) is 77.9 cm³/mol. The van der Waals surface area contributed by atoms with E-state index in [1.807, 2.05) is 18.7 Å². The number of amides is 1. The second kappa shape index (κ2) is 7.85. The van der Waals surface area contributed by atoms with Crippen molar-refractivity contribution in [2.75, 3.05) is 26.2 Å². The molecule has 0 spiro atoms. The van der Waals surface area contributed by atoms with E-state index in [1.165, 1.54) is 0 Å². The van der Waals surface area contributed by atoms with E-state index in [0.29, 0.717) is 17.9 Å². The number of likely N-dealkylation sites (tertiary alicyclic amines) is 1. The summed E-state index contributed by atoms with van der Waals surface area (Å²) in [6.07, 6.45) is 1.91. The zero-order chi connectivity index (χ0) is 14.4. The van der Waals surface area contributed by atoms with Crippen molar-refractivity contribution in [1.82, 2.24) is 10.2 Å². The van der Waals surface area contributed by atoms with Gasteiger partial charge in [-0.3, -0.25) is 4.79 Å². The third-order valence-electron chi connectivity index (χ3n) is 4.00. The average Bonchev–Trinajstić information content (AvgIpc) is 2.37. The fourth-order valence-corrected chi connectivity index (χ4v) is 2.70. The first-order valence-corrected chi connectivity index (χ1v) is 7.58. The molecule has 2 unspecified atom stereocenters. The third-order valence-corrected chi connectivity index (χ3v) is 4.00. The normalized spacial score (nSPS) is 24.3. The van der Waals surface area contributed by atoms with Gasteiger partial charge in [0.2, 0.25) is 5.91 Å². The van der Waals surface area contributed by atoms with Crippen LogP contribution in [0.1, 0.15) is 40.5 Å². The van der Waals surface area contributed by atoms with Gasteiger partial charge in [0.05, 0.1) is 0 Å². The Labute approximate surface area is 117 Å². The minimum Gasteiger partial charge on any atom is -0.396 e. The first-order chi connectivity index (χ1) is 8.95. The van der Waals surface area contributed by atoms with Gasteiger partial charge < -0.3 is 15.3 Å². The van der Waals surface area contributed by atoms with Crippen molar-refractivity contribution in [1.29, 1.82) is 0 Å². The molecule has 19 heavy (non-hydrogen) atoms. The van der Waals surface area contributed by atoms with Crippen molar-refractivity contribution >= 4 is 5.91 Å². The zero-order valence-corrected chi connectivity index (χ0v) is 12.9. The average molecular weight is 270 g/mol. The van der Waals surface area contributed by atoms with E-state index in [-0.39, 0.29) is 18.4 Å². The lowest BCUT2D eigenvalue weighted by atomic mass is 9.85.